The highest BCUT2D eigenvalue weighted by atomic mass is 15.2. The molecular weight excluding hydrogens is 332 g/mol. The predicted molar refractivity (Wildman–Crippen MR) is 115 cm³/mol. The van der Waals surface area contributed by atoms with Crippen molar-refractivity contribution in [3.05, 3.63) is 60.2 Å². The second-order valence-electron chi connectivity index (χ2n) is 7.33. The van der Waals surface area contributed by atoms with Gasteiger partial charge in [0.05, 0.1) is 0 Å². The number of rotatable bonds is 2. The Labute approximate surface area is 161 Å². The van der Waals surface area contributed by atoms with E-state index in [9.17, 15) is 0 Å². The van der Waals surface area contributed by atoms with Gasteiger partial charge in [0.25, 0.3) is 0 Å². The highest BCUT2D eigenvalue weighted by Gasteiger charge is 2.11. The van der Waals surface area contributed by atoms with Crippen molar-refractivity contribution in [2.45, 2.75) is 6.54 Å². The van der Waals surface area contributed by atoms with Gasteiger partial charge < -0.3 is 16.0 Å². The first-order valence-electron chi connectivity index (χ1n) is 10.2. The standard InChI is InChI=1S/C23H30N4/c1-2-6-21-19(5-1)17-20(22-7-3-4-8-23(21)22)18-27-15-13-25-11-9-24-10-12-26-14-16-27/h1-8,17,24-26H,9-16,18H2. The molecule has 1 saturated heterocycles. The van der Waals surface area contributed by atoms with Crippen LogP contribution >= 0.6 is 0 Å². The summed E-state index contributed by atoms with van der Waals surface area (Å²) in [5.74, 6) is 0. The van der Waals surface area contributed by atoms with E-state index >= 15 is 0 Å². The fourth-order valence-electron chi connectivity index (χ4n) is 3.98. The minimum absolute atomic E-state index is 0.993. The van der Waals surface area contributed by atoms with Crippen molar-refractivity contribution < 1.29 is 0 Å². The Morgan fingerprint density at radius 3 is 1.89 bits per heavy atom. The number of nitrogens with zero attached hydrogens (tertiary/aromatic N) is 1. The van der Waals surface area contributed by atoms with Crippen LogP contribution in [0.5, 0.6) is 0 Å². The number of hydrogen-bond donors (Lipinski definition) is 3. The van der Waals surface area contributed by atoms with Crippen molar-refractivity contribution in [2.75, 3.05) is 52.4 Å². The quantitative estimate of drug-likeness (QED) is 0.613. The van der Waals surface area contributed by atoms with Crippen LogP contribution in [0, 0.1) is 0 Å². The van der Waals surface area contributed by atoms with Gasteiger partial charge in [-0.2, -0.15) is 0 Å². The molecule has 3 aromatic rings. The Kier molecular flexibility index (Phi) is 6.32. The Hall–Kier alpha value is -1.98. The molecule has 0 unspecified atom stereocenters. The zero-order chi connectivity index (χ0) is 18.3. The molecule has 0 saturated carbocycles. The van der Waals surface area contributed by atoms with Crippen LogP contribution in [-0.2, 0) is 6.54 Å². The first-order chi connectivity index (χ1) is 13.4. The molecule has 142 valence electrons. The van der Waals surface area contributed by atoms with E-state index in [0.717, 1.165) is 58.9 Å². The normalized spacial score (nSPS) is 18.2. The summed E-state index contributed by atoms with van der Waals surface area (Å²) in [5, 5.41) is 16.0. The van der Waals surface area contributed by atoms with Gasteiger partial charge in [0.1, 0.15) is 0 Å². The topological polar surface area (TPSA) is 39.3 Å². The lowest BCUT2D eigenvalue weighted by molar-refractivity contribution is 0.264. The molecule has 1 aliphatic rings. The molecular formula is C23H30N4. The van der Waals surface area contributed by atoms with Crippen LogP contribution in [0.25, 0.3) is 21.5 Å². The molecule has 0 radical (unpaired) electrons. The van der Waals surface area contributed by atoms with E-state index in [1.54, 1.807) is 0 Å². The van der Waals surface area contributed by atoms with E-state index in [2.05, 4.69) is 75.4 Å². The van der Waals surface area contributed by atoms with Crippen LogP contribution in [0.3, 0.4) is 0 Å². The summed E-state index contributed by atoms with van der Waals surface area (Å²) in [6.45, 7) is 9.35. The van der Waals surface area contributed by atoms with E-state index in [4.69, 9.17) is 0 Å². The third kappa shape index (κ3) is 4.66. The maximum Gasteiger partial charge on any atom is 0.0241 e. The molecule has 27 heavy (non-hydrogen) atoms. The molecule has 1 aliphatic heterocycles. The van der Waals surface area contributed by atoms with E-state index < -0.39 is 0 Å². The Morgan fingerprint density at radius 2 is 1.19 bits per heavy atom. The third-order valence-electron chi connectivity index (χ3n) is 5.41. The summed E-state index contributed by atoms with van der Waals surface area (Å²) < 4.78 is 0. The zero-order valence-electron chi connectivity index (χ0n) is 16.0. The van der Waals surface area contributed by atoms with E-state index in [1.165, 1.54) is 27.1 Å². The summed E-state index contributed by atoms with van der Waals surface area (Å²) >= 11 is 0. The lowest BCUT2D eigenvalue weighted by Crippen LogP contribution is -2.41. The summed E-state index contributed by atoms with van der Waals surface area (Å²) in [6, 6.07) is 20.0. The Bertz CT molecular complexity index is 865. The first kappa shape index (κ1) is 18.4. The van der Waals surface area contributed by atoms with Crippen LogP contribution in [-0.4, -0.2) is 57.3 Å². The van der Waals surface area contributed by atoms with E-state index in [0.29, 0.717) is 0 Å². The molecule has 3 aromatic carbocycles. The summed E-state index contributed by atoms with van der Waals surface area (Å²) in [5.41, 5.74) is 1.43. The van der Waals surface area contributed by atoms with E-state index in [-0.39, 0.29) is 0 Å². The van der Waals surface area contributed by atoms with Crippen LogP contribution < -0.4 is 16.0 Å². The fourth-order valence-corrected chi connectivity index (χ4v) is 3.98. The zero-order valence-corrected chi connectivity index (χ0v) is 16.0. The Morgan fingerprint density at radius 1 is 0.630 bits per heavy atom. The molecule has 4 rings (SSSR count). The SMILES string of the molecule is c1ccc2c(c1)cc(CN1CCNCCNCCNCC1)c1ccccc12. The van der Waals surface area contributed by atoms with E-state index in [1.807, 2.05) is 0 Å². The van der Waals surface area contributed by atoms with Crippen molar-refractivity contribution in [3.8, 4) is 0 Å². The lowest BCUT2D eigenvalue weighted by atomic mass is 9.97. The molecule has 0 amide bonds. The molecule has 0 bridgehead atoms. The second kappa shape index (κ2) is 9.29. The third-order valence-corrected chi connectivity index (χ3v) is 5.41. The molecule has 4 nitrogen and oxygen atoms in total. The first-order valence-corrected chi connectivity index (χ1v) is 10.2. The van der Waals surface area contributed by atoms with Gasteiger partial charge in [0, 0.05) is 58.9 Å². The number of hydrogen-bond acceptors (Lipinski definition) is 4. The highest BCUT2D eigenvalue weighted by Crippen LogP contribution is 2.29. The minimum Gasteiger partial charge on any atom is -0.314 e. The van der Waals surface area contributed by atoms with Gasteiger partial charge in [0.15, 0.2) is 0 Å². The minimum atomic E-state index is 0.993. The molecule has 0 spiro atoms. The predicted octanol–water partition coefficient (Wildman–Crippen LogP) is 2.58. The number of benzene rings is 3. The lowest BCUT2D eigenvalue weighted by Gasteiger charge is -2.25. The smallest absolute Gasteiger partial charge is 0.0241 e. The van der Waals surface area contributed by atoms with Crippen molar-refractivity contribution in [2.24, 2.45) is 0 Å². The molecule has 0 aliphatic carbocycles. The summed E-state index contributed by atoms with van der Waals surface area (Å²) in [7, 11) is 0. The van der Waals surface area contributed by atoms with Crippen LogP contribution in [0.2, 0.25) is 0 Å². The van der Waals surface area contributed by atoms with Crippen molar-refractivity contribution in [3.63, 3.8) is 0 Å². The highest BCUT2D eigenvalue weighted by molar-refractivity contribution is 6.08. The largest absolute Gasteiger partial charge is 0.314 e. The summed E-state index contributed by atoms with van der Waals surface area (Å²) in [6.07, 6.45) is 0. The van der Waals surface area contributed by atoms with Gasteiger partial charge in [-0.15, -0.1) is 0 Å². The van der Waals surface area contributed by atoms with Crippen molar-refractivity contribution in [1.29, 1.82) is 0 Å². The molecule has 1 fully saturated rings. The van der Waals surface area contributed by atoms with Crippen LogP contribution in [0.15, 0.2) is 54.6 Å². The fraction of sp³-hybridized carbons (Fsp3) is 0.391. The monoisotopic (exact) mass is 362 g/mol. The number of nitrogens with one attached hydrogen (secondary N) is 3. The molecule has 0 aromatic heterocycles. The van der Waals surface area contributed by atoms with Crippen LogP contribution in [0.4, 0.5) is 0 Å². The molecule has 0 atom stereocenters. The Balaban J connectivity index is 1.59. The van der Waals surface area contributed by atoms with Crippen LogP contribution in [0.1, 0.15) is 5.56 Å². The average Bonchev–Trinajstić information content (AvgIpc) is 2.70. The van der Waals surface area contributed by atoms with Gasteiger partial charge in [-0.3, -0.25) is 4.90 Å². The second-order valence-corrected chi connectivity index (χ2v) is 7.33. The van der Waals surface area contributed by atoms with Crippen molar-refractivity contribution in [1.82, 2.24) is 20.9 Å². The van der Waals surface area contributed by atoms with Gasteiger partial charge >= 0.3 is 0 Å². The van der Waals surface area contributed by atoms with Gasteiger partial charge in [-0.1, -0.05) is 48.5 Å². The van der Waals surface area contributed by atoms with Crippen molar-refractivity contribution >= 4 is 21.5 Å². The van der Waals surface area contributed by atoms with Gasteiger partial charge in [-0.05, 0) is 33.2 Å². The average molecular weight is 363 g/mol. The summed E-state index contributed by atoms with van der Waals surface area (Å²) in [4.78, 5) is 2.57. The molecule has 4 heteroatoms. The molecule has 3 N–H and O–H groups in total. The molecule has 1 heterocycles. The van der Waals surface area contributed by atoms with Gasteiger partial charge in [0.2, 0.25) is 0 Å². The maximum atomic E-state index is 3.56. The van der Waals surface area contributed by atoms with Gasteiger partial charge in [-0.25, -0.2) is 0 Å². The number of fused-ring (bicyclic) bond motifs is 3. The maximum absolute atomic E-state index is 3.56.